The molecule has 0 spiro atoms. The van der Waals surface area contributed by atoms with Crippen LogP contribution in [0.15, 0.2) is 56.6 Å². The predicted molar refractivity (Wildman–Crippen MR) is 66.3 cm³/mol. The Hall–Kier alpha value is -2.69. The molecule has 3 aromatic rings. The predicted octanol–water partition coefficient (Wildman–Crippen LogP) is 1.54. The smallest absolute Gasteiger partial charge is 0.347 e. The third kappa shape index (κ3) is 1.71. The molecule has 3 rings (SSSR count). The number of nitrogens with one attached hydrogen (secondary N) is 1. The highest BCUT2D eigenvalue weighted by molar-refractivity contribution is 5.79. The number of fused-ring (bicyclic) bond motifs is 1. The molecule has 2 heterocycles. The van der Waals surface area contributed by atoms with E-state index in [9.17, 15) is 9.59 Å². The van der Waals surface area contributed by atoms with E-state index in [1.165, 1.54) is 6.20 Å². The van der Waals surface area contributed by atoms with E-state index in [2.05, 4.69) is 9.97 Å². The summed E-state index contributed by atoms with van der Waals surface area (Å²) in [6, 6.07) is 10.8. The average Bonchev–Trinajstić information content (AvgIpc) is 2.39. The van der Waals surface area contributed by atoms with Gasteiger partial charge in [0, 0.05) is 17.8 Å². The summed E-state index contributed by atoms with van der Waals surface area (Å²) in [4.78, 5) is 28.9. The zero-order chi connectivity index (χ0) is 12.5. The maximum atomic E-state index is 11.8. The summed E-state index contributed by atoms with van der Waals surface area (Å²) >= 11 is 0. The van der Waals surface area contributed by atoms with Crippen molar-refractivity contribution in [3.05, 3.63) is 63.5 Å². The van der Waals surface area contributed by atoms with Crippen molar-refractivity contribution in [1.29, 1.82) is 0 Å². The van der Waals surface area contributed by atoms with E-state index in [1.54, 1.807) is 6.07 Å². The van der Waals surface area contributed by atoms with Crippen molar-refractivity contribution in [3.8, 4) is 11.3 Å². The third-order valence-corrected chi connectivity index (χ3v) is 2.60. The fourth-order valence-corrected chi connectivity index (χ4v) is 1.74. The van der Waals surface area contributed by atoms with Crippen molar-refractivity contribution in [2.24, 2.45) is 0 Å². The molecule has 2 aromatic heterocycles. The molecule has 0 aliphatic carbocycles. The molecule has 5 heteroatoms. The Labute approximate surface area is 101 Å². The van der Waals surface area contributed by atoms with E-state index in [0.717, 1.165) is 5.56 Å². The minimum Gasteiger partial charge on any atom is -0.422 e. The topological polar surface area (TPSA) is 76.0 Å². The molecule has 0 amide bonds. The molecule has 18 heavy (non-hydrogen) atoms. The van der Waals surface area contributed by atoms with Crippen LogP contribution in [-0.2, 0) is 0 Å². The number of benzene rings is 1. The minimum atomic E-state index is -0.518. The first-order valence-electron chi connectivity index (χ1n) is 5.33. The Morgan fingerprint density at radius 1 is 1.11 bits per heavy atom. The molecule has 0 bridgehead atoms. The number of hydrogen-bond donors (Lipinski definition) is 1. The summed E-state index contributed by atoms with van der Waals surface area (Å²) in [6.45, 7) is 0. The second kappa shape index (κ2) is 3.96. The summed E-state index contributed by atoms with van der Waals surface area (Å²) in [6.07, 6.45) is 1.22. The highest BCUT2D eigenvalue weighted by atomic mass is 16.4. The number of H-pyrrole nitrogens is 1. The molecule has 0 radical (unpaired) electrons. The summed E-state index contributed by atoms with van der Waals surface area (Å²) in [5, 5.41) is 0.259. The van der Waals surface area contributed by atoms with E-state index in [0.29, 0.717) is 11.3 Å². The molecule has 0 saturated heterocycles. The van der Waals surface area contributed by atoms with E-state index in [1.807, 2.05) is 30.3 Å². The van der Waals surface area contributed by atoms with Gasteiger partial charge in [0.1, 0.15) is 11.1 Å². The fraction of sp³-hybridized carbons (Fsp3) is 0. The molecular formula is C13H8N2O3. The van der Waals surface area contributed by atoms with Gasteiger partial charge in [0.05, 0.1) is 5.52 Å². The lowest BCUT2D eigenvalue weighted by Crippen LogP contribution is -2.12. The quantitative estimate of drug-likeness (QED) is 0.700. The van der Waals surface area contributed by atoms with Gasteiger partial charge in [-0.25, -0.2) is 14.6 Å². The Morgan fingerprint density at radius 3 is 2.67 bits per heavy atom. The van der Waals surface area contributed by atoms with E-state index >= 15 is 0 Å². The lowest BCUT2D eigenvalue weighted by Gasteiger charge is -2.01. The van der Waals surface area contributed by atoms with E-state index in [-0.39, 0.29) is 5.39 Å². The Morgan fingerprint density at radius 2 is 1.89 bits per heavy atom. The van der Waals surface area contributed by atoms with Crippen LogP contribution in [0.5, 0.6) is 0 Å². The van der Waals surface area contributed by atoms with Crippen LogP contribution in [-0.4, -0.2) is 9.97 Å². The molecule has 0 aliphatic heterocycles. The minimum absolute atomic E-state index is 0.259. The van der Waals surface area contributed by atoms with Gasteiger partial charge in [0.15, 0.2) is 0 Å². The first kappa shape index (κ1) is 10.5. The van der Waals surface area contributed by atoms with Gasteiger partial charge in [-0.15, -0.1) is 0 Å². The number of nitrogens with zero attached hydrogens (tertiary/aromatic N) is 1. The fourth-order valence-electron chi connectivity index (χ4n) is 1.74. The number of hydrogen-bond acceptors (Lipinski definition) is 4. The summed E-state index contributed by atoms with van der Waals surface area (Å²) in [5.41, 5.74) is 0.182. The van der Waals surface area contributed by atoms with Crippen LogP contribution in [0.2, 0.25) is 0 Å². The van der Waals surface area contributed by atoms with Crippen LogP contribution in [0.1, 0.15) is 0 Å². The van der Waals surface area contributed by atoms with Gasteiger partial charge >= 0.3 is 11.3 Å². The molecular weight excluding hydrogens is 232 g/mol. The molecule has 0 fully saturated rings. The first-order chi connectivity index (χ1) is 8.74. The van der Waals surface area contributed by atoms with Crippen molar-refractivity contribution in [1.82, 2.24) is 9.97 Å². The van der Waals surface area contributed by atoms with Gasteiger partial charge in [0.25, 0.3) is 0 Å². The molecule has 1 N–H and O–H groups in total. The lowest BCUT2D eigenvalue weighted by molar-refractivity contribution is 0.534. The maximum Gasteiger partial charge on any atom is 0.347 e. The van der Waals surface area contributed by atoms with Gasteiger partial charge in [-0.1, -0.05) is 30.3 Å². The highest BCUT2D eigenvalue weighted by Crippen LogP contribution is 2.19. The molecule has 0 unspecified atom stereocenters. The second-order valence-electron chi connectivity index (χ2n) is 3.78. The summed E-state index contributed by atoms with van der Waals surface area (Å²) < 4.78 is 5.20. The summed E-state index contributed by atoms with van der Waals surface area (Å²) in [5.74, 6) is 0.412. The largest absolute Gasteiger partial charge is 0.422 e. The zero-order valence-corrected chi connectivity index (χ0v) is 9.21. The normalized spacial score (nSPS) is 10.7. The summed E-state index contributed by atoms with van der Waals surface area (Å²) in [7, 11) is 0. The van der Waals surface area contributed by atoms with Crippen LogP contribution in [0.4, 0.5) is 0 Å². The SMILES string of the molecule is O=c1ncc2c(=O)oc(-c3ccccc3)cc2[nH]1. The average molecular weight is 240 g/mol. The molecule has 1 aromatic carbocycles. The van der Waals surface area contributed by atoms with Crippen molar-refractivity contribution < 1.29 is 4.42 Å². The maximum absolute atomic E-state index is 11.8. The molecule has 0 atom stereocenters. The van der Waals surface area contributed by atoms with Gasteiger partial charge < -0.3 is 9.40 Å². The third-order valence-electron chi connectivity index (χ3n) is 2.60. The Balaban J connectivity index is 2.34. The second-order valence-corrected chi connectivity index (χ2v) is 3.78. The van der Waals surface area contributed by atoms with Gasteiger partial charge in [-0.2, -0.15) is 0 Å². The highest BCUT2D eigenvalue weighted by Gasteiger charge is 2.07. The molecule has 88 valence electrons. The van der Waals surface area contributed by atoms with Crippen LogP contribution < -0.4 is 11.3 Å². The van der Waals surface area contributed by atoms with Crippen molar-refractivity contribution >= 4 is 10.9 Å². The molecule has 0 saturated carbocycles. The van der Waals surface area contributed by atoms with E-state index in [4.69, 9.17) is 4.42 Å². The van der Waals surface area contributed by atoms with Crippen LogP contribution in [0, 0.1) is 0 Å². The van der Waals surface area contributed by atoms with Gasteiger partial charge in [-0.05, 0) is 0 Å². The number of aromatic amines is 1. The Kier molecular flexibility index (Phi) is 2.30. The van der Waals surface area contributed by atoms with E-state index < -0.39 is 11.3 Å². The first-order valence-corrected chi connectivity index (χ1v) is 5.33. The Bertz CT molecular complexity index is 819. The van der Waals surface area contributed by atoms with Crippen molar-refractivity contribution in [2.45, 2.75) is 0 Å². The molecule has 5 nitrogen and oxygen atoms in total. The van der Waals surface area contributed by atoms with Crippen LogP contribution in [0.25, 0.3) is 22.2 Å². The van der Waals surface area contributed by atoms with Crippen molar-refractivity contribution in [2.75, 3.05) is 0 Å². The van der Waals surface area contributed by atoms with Crippen LogP contribution in [0.3, 0.4) is 0 Å². The van der Waals surface area contributed by atoms with Crippen molar-refractivity contribution in [3.63, 3.8) is 0 Å². The lowest BCUT2D eigenvalue weighted by atomic mass is 10.1. The number of rotatable bonds is 1. The number of aromatic nitrogens is 2. The molecule has 0 aliphatic rings. The monoisotopic (exact) mass is 240 g/mol. The van der Waals surface area contributed by atoms with Crippen LogP contribution >= 0.6 is 0 Å². The standard InChI is InChI=1S/C13H8N2O3/c16-12-9-7-14-13(17)15-10(9)6-11(18-12)8-4-2-1-3-5-8/h1-7H,(H,14,15,17). The van der Waals surface area contributed by atoms with Gasteiger partial charge in [0.2, 0.25) is 0 Å². The van der Waals surface area contributed by atoms with Gasteiger partial charge in [-0.3, -0.25) is 0 Å². The zero-order valence-electron chi connectivity index (χ0n) is 9.21.